The largest absolute Gasteiger partial charge is 0.416 e. The molecule has 0 bridgehead atoms. The maximum atomic E-state index is 12.1. The van der Waals surface area contributed by atoms with Gasteiger partial charge in [0, 0.05) is 12.7 Å². The predicted molar refractivity (Wildman–Crippen MR) is 194 cm³/mol. The third-order valence-corrected chi connectivity index (χ3v) is 8.28. The Morgan fingerprint density at radius 2 is 1.36 bits per heavy atom. The molecule has 0 amide bonds. The van der Waals surface area contributed by atoms with Crippen molar-refractivity contribution >= 4 is 5.69 Å². The molecule has 4 rings (SSSR count). The van der Waals surface area contributed by atoms with Crippen LogP contribution in [0.5, 0.6) is 0 Å². The van der Waals surface area contributed by atoms with Crippen molar-refractivity contribution < 1.29 is 13.2 Å². The molecule has 2 nitrogen and oxygen atoms in total. The first-order chi connectivity index (χ1) is 22.4. The molecule has 0 aliphatic heterocycles. The number of anilines is 1. The van der Waals surface area contributed by atoms with Crippen LogP contribution in [0.15, 0.2) is 104 Å². The fourth-order valence-electron chi connectivity index (χ4n) is 6.01. The van der Waals surface area contributed by atoms with Crippen molar-refractivity contribution in [1.29, 1.82) is 5.26 Å². The maximum absolute atomic E-state index is 12.1. The maximum Gasteiger partial charge on any atom is 0.416 e. The molecule has 0 saturated heterocycles. The van der Waals surface area contributed by atoms with Gasteiger partial charge < -0.3 is 5.32 Å². The lowest BCUT2D eigenvalue weighted by Gasteiger charge is -2.34. The smallest absolute Gasteiger partial charge is 0.388 e. The third kappa shape index (κ3) is 12.4. The molecule has 0 spiro atoms. The monoisotopic (exact) mass is 640 g/mol. The topological polar surface area (TPSA) is 35.8 Å². The van der Waals surface area contributed by atoms with Crippen molar-refractivity contribution in [3.05, 3.63) is 137 Å². The molecule has 1 N–H and O–H groups in total. The van der Waals surface area contributed by atoms with Gasteiger partial charge in [0.15, 0.2) is 0 Å². The lowest BCUT2D eigenvalue weighted by molar-refractivity contribution is -0.137. The number of nitriles is 1. The van der Waals surface area contributed by atoms with Gasteiger partial charge in [0.2, 0.25) is 0 Å². The van der Waals surface area contributed by atoms with E-state index in [9.17, 15) is 13.2 Å². The van der Waals surface area contributed by atoms with Gasteiger partial charge in [0.05, 0.1) is 17.2 Å². The van der Waals surface area contributed by atoms with Crippen molar-refractivity contribution in [3.63, 3.8) is 0 Å². The van der Waals surface area contributed by atoms with Gasteiger partial charge in [-0.05, 0) is 115 Å². The standard InChI is InChI=1S/C24H29N.C9H9F3.C9H13N/c1-4-7-17-24(15-5-2,16-6-3)23-13-11-21(12-14-23)22-10-8-9-20(18-22)19-25;1-2-7-4-3-5-8(6-7)9(10,11)12;1-7-4-8(2)6-9(5-7)10-3/h4,8-14,18H,1,5-7,15-17H2,2-3H3;3-6H,2H2,1H3;4-6,10H,1-3H3. The normalized spacial score (nSPS) is 10.9. The average molecular weight is 641 g/mol. The molecule has 47 heavy (non-hydrogen) atoms. The molecule has 0 aliphatic rings. The number of nitrogens with zero attached hydrogens (tertiary/aromatic N) is 1. The van der Waals surface area contributed by atoms with E-state index in [1.807, 2.05) is 38.2 Å². The van der Waals surface area contributed by atoms with Crippen molar-refractivity contribution in [3.8, 4) is 17.2 Å². The molecule has 0 fully saturated rings. The summed E-state index contributed by atoms with van der Waals surface area (Å²) < 4.78 is 36.3. The number of nitrogens with one attached hydrogen (secondary N) is 1. The number of hydrogen-bond donors (Lipinski definition) is 1. The quantitative estimate of drug-likeness (QED) is 0.166. The fraction of sp³-hybridized carbons (Fsp3) is 0.357. The van der Waals surface area contributed by atoms with Gasteiger partial charge in [0.25, 0.3) is 0 Å². The minimum absolute atomic E-state index is 0.255. The van der Waals surface area contributed by atoms with Crippen LogP contribution in [-0.2, 0) is 18.0 Å². The van der Waals surface area contributed by atoms with E-state index in [-0.39, 0.29) is 5.41 Å². The second-order valence-corrected chi connectivity index (χ2v) is 12.1. The highest BCUT2D eigenvalue weighted by Gasteiger charge is 2.30. The summed E-state index contributed by atoms with van der Waals surface area (Å²) >= 11 is 0. The summed E-state index contributed by atoms with van der Waals surface area (Å²) in [7, 11) is 1.94. The Labute approximate surface area is 281 Å². The molecule has 0 heterocycles. The van der Waals surface area contributed by atoms with Crippen LogP contribution in [0.3, 0.4) is 0 Å². The number of allylic oxidation sites excluding steroid dienone is 1. The Morgan fingerprint density at radius 1 is 0.745 bits per heavy atom. The highest BCUT2D eigenvalue weighted by Crippen LogP contribution is 2.39. The minimum atomic E-state index is -4.22. The molecular formula is C42H51F3N2. The summed E-state index contributed by atoms with van der Waals surface area (Å²) in [5, 5.41) is 12.2. The van der Waals surface area contributed by atoms with E-state index >= 15 is 0 Å². The van der Waals surface area contributed by atoms with Gasteiger partial charge in [0.1, 0.15) is 0 Å². The summed E-state index contributed by atoms with van der Waals surface area (Å²) in [6.45, 7) is 14.5. The van der Waals surface area contributed by atoms with Crippen LogP contribution in [0.1, 0.15) is 92.7 Å². The van der Waals surface area contributed by atoms with Gasteiger partial charge >= 0.3 is 6.18 Å². The van der Waals surface area contributed by atoms with E-state index < -0.39 is 11.7 Å². The van der Waals surface area contributed by atoms with E-state index in [2.05, 4.69) is 94.2 Å². The van der Waals surface area contributed by atoms with E-state index in [0.29, 0.717) is 17.5 Å². The lowest BCUT2D eigenvalue weighted by Crippen LogP contribution is -2.26. The van der Waals surface area contributed by atoms with Crippen LogP contribution < -0.4 is 5.32 Å². The average Bonchev–Trinajstić information content (AvgIpc) is 3.07. The predicted octanol–water partition coefficient (Wildman–Crippen LogP) is 12.6. The Kier molecular flexibility index (Phi) is 16.0. The van der Waals surface area contributed by atoms with Crippen LogP contribution in [0, 0.1) is 25.2 Å². The van der Waals surface area contributed by atoms with Crippen LogP contribution in [0.4, 0.5) is 18.9 Å². The number of benzene rings is 4. The molecule has 0 aliphatic carbocycles. The van der Waals surface area contributed by atoms with Crippen LogP contribution in [-0.4, -0.2) is 7.05 Å². The van der Waals surface area contributed by atoms with Crippen LogP contribution >= 0.6 is 0 Å². The molecule has 0 radical (unpaired) electrons. The summed E-state index contributed by atoms with van der Waals surface area (Å²) in [4.78, 5) is 0. The highest BCUT2D eigenvalue weighted by atomic mass is 19.4. The van der Waals surface area contributed by atoms with Crippen molar-refractivity contribution in [2.75, 3.05) is 12.4 Å². The Morgan fingerprint density at radius 3 is 1.87 bits per heavy atom. The van der Waals surface area contributed by atoms with Gasteiger partial charge in [-0.3, -0.25) is 0 Å². The lowest BCUT2D eigenvalue weighted by atomic mass is 9.70. The van der Waals surface area contributed by atoms with E-state index in [1.165, 1.54) is 72.2 Å². The van der Waals surface area contributed by atoms with Gasteiger partial charge in [-0.15, -0.1) is 6.58 Å². The fourth-order valence-corrected chi connectivity index (χ4v) is 6.01. The van der Waals surface area contributed by atoms with Crippen molar-refractivity contribution in [2.45, 2.75) is 91.2 Å². The first-order valence-corrected chi connectivity index (χ1v) is 16.6. The number of rotatable bonds is 11. The first kappa shape index (κ1) is 38.9. The van der Waals surface area contributed by atoms with Crippen molar-refractivity contribution in [2.24, 2.45) is 0 Å². The molecular weight excluding hydrogens is 589 g/mol. The minimum Gasteiger partial charge on any atom is -0.388 e. The Bertz CT molecular complexity index is 1540. The molecule has 0 unspecified atom stereocenters. The molecule has 4 aromatic carbocycles. The van der Waals surface area contributed by atoms with Crippen LogP contribution in [0.2, 0.25) is 0 Å². The summed E-state index contributed by atoms with van der Waals surface area (Å²) in [5.41, 5.74) is 8.64. The molecule has 250 valence electrons. The molecule has 0 atom stereocenters. The zero-order valence-electron chi connectivity index (χ0n) is 29.0. The third-order valence-electron chi connectivity index (χ3n) is 8.28. The van der Waals surface area contributed by atoms with Crippen molar-refractivity contribution in [1.82, 2.24) is 0 Å². The Hall–Kier alpha value is -4.30. The van der Waals surface area contributed by atoms with Gasteiger partial charge in [-0.25, -0.2) is 0 Å². The van der Waals surface area contributed by atoms with E-state index in [4.69, 9.17) is 5.26 Å². The second-order valence-electron chi connectivity index (χ2n) is 12.1. The molecule has 0 saturated carbocycles. The van der Waals surface area contributed by atoms with E-state index in [1.54, 1.807) is 6.07 Å². The Balaban J connectivity index is 0.000000287. The summed E-state index contributed by atoms with van der Waals surface area (Å²) in [6.07, 6.45) is 5.52. The molecule has 0 aromatic heterocycles. The number of aryl methyl sites for hydroxylation is 3. The SMILES string of the molecule is C=CCCC(CCC)(CCC)c1ccc(-c2cccc(C#N)c2)cc1.CCc1cccc(C(F)(F)F)c1.CNc1cc(C)cc(C)c1. The van der Waals surface area contributed by atoms with Gasteiger partial charge in [-0.1, -0.05) is 100 Å². The number of alkyl halides is 3. The zero-order chi connectivity index (χ0) is 34.9. The molecule has 4 aromatic rings. The van der Waals surface area contributed by atoms with Crippen LogP contribution in [0.25, 0.3) is 11.1 Å². The molecule has 5 heteroatoms. The first-order valence-electron chi connectivity index (χ1n) is 16.6. The van der Waals surface area contributed by atoms with E-state index in [0.717, 1.165) is 18.1 Å². The highest BCUT2D eigenvalue weighted by molar-refractivity contribution is 5.65. The number of hydrogen-bond acceptors (Lipinski definition) is 2. The summed E-state index contributed by atoms with van der Waals surface area (Å²) in [5.74, 6) is 0. The zero-order valence-corrected chi connectivity index (χ0v) is 29.0. The summed E-state index contributed by atoms with van der Waals surface area (Å²) in [6, 6.07) is 30.9. The van der Waals surface area contributed by atoms with Gasteiger partial charge in [-0.2, -0.15) is 18.4 Å². The second kappa shape index (κ2) is 19.4. The number of halogens is 3.